The first-order chi connectivity index (χ1) is 12.0. The fourth-order valence-electron chi connectivity index (χ4n) is 2.98. The number of amides is 1. The third-order valence-electron chi connectivity index (χ3n) is 4.33. The van der Waals surface area contributed by atoms with Crippen LogP contribution in [0.2, 0.25) is 0 Å². The molecule has 1 aliphatic heterocycles. The van der Waals surface area contributed by atoms with Crippen LogP contribution in [0.3, 0.4) is 0 Å². The van der Waals surface area contributed by atoms with Crippen LogP contribution in [0.5, 0.6) is 0 Å². The third-order valence-corrected chi connectivity index (χ3v) is 4.33. The SMILES string of the molecule is CC(=O)C1(F)CCN(Cc2cc(C)nc(NC(=O)OC(C)(C)C)c2)CC1. The molecule has 1 aliphatic rings. The number of carbonyl (C=O) groups excluding carboxylic acids is 2. The molecule has 26 heavy (non-hydrogen) atoms. The molecule has 2 rings (SSSR count). The normalized spacial score (nSPS) is 17.6. The summed E-state index contributed by atoms with van der Waals surface area (Å²) >= 11 is 0. The van der Waals surface area contributed by atoms with Gasteiger partial charge in [-0.3, -0.25) is 15.0 Å². The third kappa shape index (κ3) is 5.76. The van der Waals surface area contributed by atoms with E-state index in [-0.39, 0.29) is 18.6 Å². The summed E-state index contributed by atoms with van der Waals surface area (Å²) in [5.41, 5.74) is -0.527. The lowest BCUT2D eigenvalue weighted by Crippen LogP contribution is -2.45. The van der Waals surface area contributed by atoms with E-state index in [0.29, 0.717) is 25.5 Å². The quantitative estimate of drug-likeness (QED) is 0.882. The van der Waals surface area contributed by atoms with Crippen molar-refractivity contribution in [3.8, 4) is 0 Å². The van der Waals surface area contributed by atoms with Gasteiger partial charge in [-0.05, 0) is 52.3 Å². The standard InChI is InChI=1S/C19H28FN3O3/c1-13-10-15(11-16(21-13)22-17(25)26-18(3,4)5)12-23-8-6-19(20,7-9-23)14(2)24/h10-11H,6-9,12H2,1-5H3,(H,21,22,25). The predicted molar refractivity (Wildman–Crippen MR) is 97.9 cm³/mol. The fourth-order valence-corrected chi connectivity index (χ4v) is 2.98. The molecular formula is C19H28FN3O3. The van der Waals surface area contributed by atoms with E-state index in [1.807, 2.05) is 13.0 Å². The highest BCUT2D eigenvalue weighted by Gasteiger charge is 2.38. The Kier molecular flexibility index (Phi) is 6.01. The van der Waals surface area contributed by atoms with Crippen LogP contribution in [-0.2, 0) is 16.1 Å². The summed E-state index contributed by atoms with van der Waals surface area (Å²) in [5, 5.41) is 2.65. The van der Waals surface area contributed by atoms with Gasteiger partial charge in [0.2, 0.25) is 0 Å². The average molecular weight is 365 g/mol. The first-order valence-electron chi connectivity index (χ1n) is 8.87. The molecule has 0 aliphatic carbocycles. The van der Waals surface area contributed by atoms with Gasteiger partial charge in [-0.25, -0.2) is 14.2 Å². The smallest absolute Gasteiger partial charge is 0.413 e. The van der Waals surface area contributed by atoms with Crippen LogP contribution in [0.1, 0.15) is 51.8 Å². The van der Waals surface area contributed by atoms with Gasteiger partial charge in [0.05, 0.1) is 0 Å². The molecule has 1 fully saturated rings. The van der Waals surface area contributed by atoms with Crippen molar-refractivity contribution in [1.29, 1.82) is 0 Å². The number of anilines is 1. The summed E-state index contributed by atoms with van der Waals surface area (Å²) < 4.78 is 19.6. The second-order valence-corrected chi connectivity index (χ2v) is 7.93. The molecule has 1 saturated heterocycles. The molecule has 7 heteroatoms. The zero-order valence-corrected chi connectivity index (χ0v) is 16.2. The van der Waals surface area contributed by atoms with Crippen LogP contribution in [0, 0.1) is 6.92 Å². The van der Waals surface area contributed by atoms with Crippen LogP contribution >= 0.6 is 0 Å². The molecule has 0 radical (unpaired) electrons. The molecule has 0 unspecified atom stereocenters. The highest BCUT2D eigenvalue weighted by Crippen LogP contribution is 2.28. The maximum absolute atomic E-state index is 14.4. The van der Waals surface area contributed by atoms with E-state index in [0.717, 1.165) is 11.3 Å². The molecule has 0 saturated carbocycles. The molecule has 0 bridgehead atoms. The number of nitrogens with one attached hydrogen (secondary N) is 1. The summed E-state index contributed by atoms with van der Waals surface area (Å²) in [7, 11) is 0. The van der Waals surface area contributed by atoms with Crippen LogP contribution in [0.4, 0.5) is 15.0 Å². The largest absolute Gasteiger partial charge is 0.444 e. The molecule has 144 valence electrons. The Hall–Kier alpha value is -2.02. The Labute approximate surface area is 154 Å². The molecule has 1 N–H and O–H groups in total. The summed E-state index contributed by atoms with van der Waals surface area (Å²) in [5.74, 6) is 0.0376. The van der Waals surface area contributed by atoms with Crippen molar-refractivity contribution < 1.29 is 18.7 Å². The number of aryl methyl sites for hydroxylation is 1. The minimum Gasteiger partial charge on any atom is -0.444 e. The van der Waals surface area contributed by atoms with E-state index in [4.69, 9.17) is 4.74 Å². The number of nitrogens with zero attached hydrogens (tertiary/aromatic N) is 2. The molecule has 6 nitrogen and oxygen atoms in total. The van der Waals surface area contributed by atoms with Crippen molar-refractivity contribution in [3.63, 3.8) is 0 Å². The number of alkyl halides is 1. The monoisotopic (exact) mass is 365 g/mol. The number of Topliss-reactive ketones (excluding diaryl/α,β-unsaturated/α-hetero) is 1. The molecular weight excluding hydrogens is 337 g/mol. The number of hydrogen-bond donors (Lipinski definition) is 1. The van der Waals surface area contributed by atoms with Crippen molar-refractivity contribution in [2.75, 3.05) is 18.4 Å². The summed E-state index contributed by atoms with van der Waals surface area (Å²) in [6, 6.07) is 3.72. The maximum atomic E-state index is 14.4. The number of halogens is 1. The number of likely N-dealkylation sites (tertiary alicyclic amines) is 1. The van der Waals surface area contributed by atoms with Crippen LogP contribution < -0.4 is 5.32 Å². The number of pyridine rings is 1. The van der Waals surface area contributed by atoms with Gasteiger partial charge >= 0.3 is 6.09 Å². The molecule has 1 aromatic heterocycles. The van der Waals surface area contributed by atoms with Crippen molar-refractivity contribution in [2.24, 2.45) is 0 Å². The highest BCUT2D eigenvalue weighted by atomic mass is 19.1. The summed E-state index contributed by atoms with van der Waals surface area (Å²) in [6.07, 6.45) is -0.117. The van der Waals surface area contributed by atoms with E-state index < -0.39 is 17.4 Å². The van der Waals surface area contributed by atoms with E-state index in [2.05, 4.69) is 15.2 Å². The van der Waals surface area contributed by atoms with Gasteiger partial charge in [0.1, 0.15) is 11.4 Å². The van der Waals surface area contributed by atoms with E-state index in [1.165, 1.54) is 6.92 Å². The summed E-state index contributed by atoms with van der Waals surface area (Å²) in [6.45, 7) is 10.2. The van der Waals surface area contributed by atoms with Gasteiger partial charge in [0.15, 0.2) is 11.5 Å². The number of aromatic nitrogens is 1. The van der Waals surface area contributed by atoms with Gasteiger partial charge < -0.3 is 4.74 Å². The summed E-state index contributed by atoms with van der Waals surface area (Å²) in [4.78, 5) is 29.8. The predicted octanol–water partition coefficient (Wildman–Crippen LogP) is 3.63. The first-order valence-corrected chi connectivity index (χ1v) is 8.87. The zero-order chi connectivity index (χ0) is 19.5. The van der Waals surface area contributed by atoms with Crippen molar-refractivity contribution in [1.82, 2.24) is 9.88 Å². The Morgan fingerprint density at radius 2 is 1.92 bits per heavy atom. The second kappa shape index (κ2) is 7.70. The van der Waals surface area contributed by atoms with E-state index in [9.17, 15) is 14.0 Å². The highest BCUT2D eigenvalue weighted by molar-refractivity contribution is 5.85. The van der Waals surface area contributed by atoms with E-state index >= 15 is 0 Å². The van der Waals surface area contributed by atoms with Gasteiger partial charge in [0, 0.05) is 38.2 Å². The Bertz CT molecular complexity index is 677. The molecule has 2 heterocycles. The fraction of sp³-hybridized carbons (Fsp3) is 0.632. The lowest BCUT2D eigenvalue weighted by molar-refractivity contribution is -0.131. The minimum absolute atomic E-state index is 0.218. The minimum atomic E-state index is -1.69. The van der Waals surface area contributed by atoms with Crippen molar-refractivity contribution in [2.45, 2.75) is 65.3 Å². The van der Waals surface area contributed by atoms with Crippen LogP contribution in [-0.4, -0.2) is 46.1 Å². The number of piperidine rings is 1. The lowest BCUT2D eigenvalue weighted by Gasteiger charge is -2.34. The molecule has 1 aromatic rings. The Balaban J connectivity index is 2.00. The van der Waals surface area contributed by atoms with Crippen molar-refractivity contribution in [3.05, 3.63) is 23.4 Å². The molecule has 0 aromatic carbocycles. The lowest BCUT2D eigenvalue weighted by atomic mass is 9.89. The van der Waals surface area contributed by atoms with E-state index in [1.54, 1.807) is 26.8 Å². The van der Waals surface area contributed by atoms with Crippen LogP contribution in [0.25, 0.3) is 0 Å². The van der Waals surface area contributed by atoms with Gasteiger partial charge in [0.25, 0.3) is 0 Å². The molecule has 0 spiro atoms. The molecule has 0 atom stereocenters. The van der Waals surface area contributed by atoms with Gasteiger partial charge in [-0.15, -0.1) is 0 Å². The van der Waals surface area contributed by atoms with Crippen LogP contribution in [0.15, 0.2) is 12.1 Å². The Morgan fingerprint density at radius 1 is 1.31 bits per heavy atom. The van der Waals surface area contributed by atoms with Crippen molar-refractivity contribution >= 4 is 17.7 Å². The Morgan fingerprint density at radius 3 is 2.46 bits per heavy atom. The number of carbonyl (C=O) groups is 2. The van der Waals surface area contributed by atoms with Gasteiger partial charge in [-0.2, -0.15) is 0 Å². The van der Waals surface area contributed by atoms with Gasteiger partial charge in [-0.1, -0.05) is 0 Å². The zero-order valence-electron chi connectivity index (χ0n) is 16.2. The number of ether oxygens (including phenoxy) is 1. The maximum Gasteiger partial charge on any atom is 0.413 e. The number of ketones is 1. The second-order valence-electron chi connectivity index (χ2n) is 7.93. The average Bonchev–Trinajstić information content (AvgIpc) is 2.47. The topological polar surface area (TPSA) is 71.5 Å². The first kappa shape index (κ1) is 20.3. The molecule has 1 amide bonds. The number of rotatable bonds is 4. The number of hydrogen-bond acceptors (Lipinski definition) is 5.